The van der Waals surface area contributed by atoms with Crippen molar-refractivity contribution in [3.05, 3.63) is 200 Å². The Morgan fingerprint density at radius 3 is 1.64 bits per heavy atom. The third kappa shape index (κ3) is 5.43. The fraction of sp³-hybridized carbons (Fsp3) is 0. The number of anilines is 3. The van der Waals surface area contributed by atoms with Crippen LogP contribution in [0.15, 0.2) is 200 Å². The minimum Gasteiger partial charge on any atom is -0.310 e. The van der Waals surface area contributed by atoms with E-state index < -0.39 is 0 Å². The highest BCUT2D eigenvalue weighted by Gasteiger charge is 2.20. The zero-order valence-corrected chi connectivity index (χ0v) is 31.4. The zero-order chi connectivity index (χ0) is 36.3. The molecule has 0 spiro atoms. The van der Waals surface area contributed by atoms with Crippen molar-refractivity contribution in [3.63, 3.8) is 0 Å². The molecule has 0 bridgehead atoms. The second-order valence-corrected chi connectivity index (χ2v) is 16.2. The van der Waals surface area contributed by atoms with Gasteiger partial charge in [0.15, 0.2) is 0 Å². The van der Waals surface area contributed by atoms with Gasteiger partial charge in [-0.3, -0.25) is 0 Å². The number of hydrogen-bond acceptors (Lipinski definition) is 3. The molecular formula is C52H33NS2. The van der Waals surface area contributed by atoms with Crippen molar-refractivity contribution in [2.24, 2.45) is 0 Å². The Hall–Kier alpha value is -6.52. The lowest BCUT2D eigenvalue weighted by Gasteiger charge is -2.28. The predicted molar refractivity (Wildman–Crippen MR) is 241 cm³/mol. The Balaban J connectivity index is 1.05. The van der Waals surface area contributed by atoms with Crippen LogP contribution in [0.5, 0.6) is 0 Å². The second kappa shape index (κ2) is 13.1. The summed E-state index contributed by atoms with van der Waals surface area (Å²) >= 11 is 3.75. The van der Waals surface area contributed by atoms with Gasteiger partial charge in [-0.1, -0.05) is 152 Å². The van der Waals surface area contributed by atoms with Gasteiger partial charge in [0.05, 0.1) is 5.69 Å². The van der Waals surface area contributed by atoms with Gasteiger partial charge in [0.25, 0.3) is 0 Å². The highest BCUT2D eigenvalue weighted by molar-refractivity contribution is 7.26. The van der Waals surface area contributed by atoms with Crippen molar-refractivity contribution in [1.82, 2.24) is 0 Å². The molecule has 3 heteroatoms. The number of para-hydroxylation sites is 1. The van der Waals surface area contributed by atoms with E-state index in [-0.39, 0.29) is 0 Å². The maximum Gasteiger partial charge on any atom is 0.0540 e. The van der Waals surface area contributed by atoms with Gasteiger partial charge in [-0.2, -0.15) is 0 Å². The van der Waals surface area contributed by atoms with Gasteiger partial charge in [0.2, 0.25) is 0 Å². The first-order valence-corrected chi connectivity index (χ1v) is 20.3. The lowest BCUT2D eigenvalue weighted by molar-refractivity contribution is 1.28. The highest BCUT2D eigenvalue weighted by atomic mass is 32.1. The molecule has 0 aliphatic heterocycles. The van der Waals surface area contributed by atoms with Crippen molar-refractivity contribution in [2.45, 2.75) is 0 Å². The summed E-state index contributed by atoms with van der Waals surface area (Å²) in [5.41, 5.74) is 10.7. The Morgan fingerprint density at radius 1 is 0.309 bits per heavy atom. The molecule has 55 heavy (non-hydrogen) atoms. The van der Waals surface area contributed by atoms with Gasteiger partial charge >= 0.3 is 0 Å². The van der Waals surface area contributed by atoms with Crippen LogP contribution in [0.2, 0.25) is 0 Å². The molecule has 0 saturated heterocycles. The van der Waals surface area contributed by atoms with E-state index in [0.717, 1.165) is 17.1 Å². The summed E-state index contributed by atoms with van der Waals surface area (Å²) in [5, 5.41) is 7.79. The molecule has 11 aromatic rings. The summed E-state index contributed by atoms with van der Waals surface area (Å²) in [7, 11) is 0. The first-order chi connectivity index (χ1) is 27.3. The molecule has 0 aliphatic rings. The van der Waals surface area contributed by atoms with Crippen molar-refractivity contribution in [1.29, 1.82) is 0 Å². The van der Waals surface area contributed by atoms with Crippen LogP contribution in [-0.4, -0.2) is 0 Å². The monoisotopic (exact) mass is 735 g/mol. The van der Waals surface area contributed by atoms with Gasteiger partial charge in [0.1, 0.15) is 0 Å². The van der Waals surface area contributed by atoms with Gasteiger partial charge in [0, 0.05) is 62.8 Å². The molecule has 1 nitrogen and oxygen atoms in total. The van der Waals surface area contributed by atoms with Crippen LogP contribution in [-0.2, 0) is 0 Å². The summed E-state index contributed by atoms with van der Waals surface area (Å²) in [6.45, 7) is 0. The molecule has 0 amide bonds. The van der Waals surface area contributed by atoms with Crippen LogP contribution in [0, 0.1) is 0 Å². The third-order valence-corrected chi connectivity index (χ3v) is 13.3. The maximum absolute atomic E-state index is 2.42. The summed E-state index contributed by atoms with van der Waals surface area (Å²) in [6.07, 6.45) is 0. The maximum atomic E-state index is 2.42. The summed E-state index contributed by atoms with van der Waals surface area (Å²) in [5.74, 6) is 0. The average Bonchev–Trinajstić information content (AvgIpc) is 3.83. The highest BCUT2D eigenvalue weighted by Crippen LogP contribution is 2.46. The first-order valence-electron chi connectivity index (χ1n) is 18.7. The molecule has 0 radical (unpaired) electrons. The van der Waals surface area contributed by atoms with Gasteiger partial charge < -0.3 is 4.90 Å². The second-order valence-electron chi connectivity index (χ2n) is 14.1. The van der Waals surface area contributed by atoms with E-state index in [1.165, 1.54) is 84.5 Å². The lowest BCUT2D eigenvalue weighted by Crippen LogP contribution is -2.11. The largest absolute Gasteiger partial charge is 0.310 e. The minimum absolute atomic E-state index is 1.11. The SMILES string of the molecule is c1ccc(N(c2ccc(-c3ccc4c(c3)sc3ccccc34)cc2)c2ccc(-c3cccc4ccccc34)cc2)c(-c2cccc3c2sc2ccccc23)c1. The van der Waals surface area contributed by atoms with Crippen molar-refractivity contribution in [3.8, 4) is 33.4 Å². The molecule has 0 atom stereocenters. The van der Waals surface area contributed by atoms with Gasteiger partial charge in [-0.15, -0.1) is 22.7 Å². The fourth-order valence-electron chi connectivity index (χ4n) is 8.26. The van der Waals surface area contributed by atoms with E-state index in [2.05, 4.69) is 205 Å². The zero-order valence-electron chi connectivity index (χ0n) is 29.8. The minimum atomic E-state index is 1.11. The Kier molecular flexibility index (Phi) is 7.61. The molecule has 0 unspecified atom stereocenters. The molecule has 0 fully saturated rings. The van der Waals surface area contributed by atoms with E-state index in [1.807, 2.05) is 22.7 Å². The van der Waals surface area contributed by atoms with E-state index >= 15 is 0 Å². The molecule has 2 aromatic heterocycles. The van der Waals surface area contributed by atoms with Crippen LogP contribution in [0.3, 0.4) is 0 Å². The molecule has 0 saturated carbocycles. The van der Waals surface area contributed by atoms with Crippen LogP contribution in [0.1, 0.15) is 0 Å². The van der Waals surface area contributed by atoms with Crippen molar-refractivity contribution in [2.75, 3.05) is 4.90 Å². The molecule has 2 heterocycles. The number of hydrogen-bond donors (Lipinski definition) is 0. The summed E-state index contributed by atoms with van der Waals surface area (Å²) < 4.78 is 5.28. The van der Waals surface area contributed by atoms with Crippen LogP contribution in [0.25, 0.3) is 84.5 Å². The fourth-order valence-corrected chi connectivity index (χ4v) is 10.6. The van der Waals surface area contributed by atoms with E-state index in [1.54, 1.807) is 0 Å². The number of rotatable bonds is 6. The number of thiophene rings is 2. The smallest absolute Gasteiger partial charge is 0.0540 e. The Labute approximate surface area is 327 Å². The molecule has 258 valence electrons. The van der Waals surface area contributed by atoms with Crippen LogP contribution >= 0.6 is 22.7 Å². The third-order valence-electron chi connectivity index (χ3n) is 10.9. The predicted octanol–water partition coefficient (Wildman–Crippen LogP) is 16.0. The summed E-state index contributed by atoms with van der Waals surface area (Å²) in [6, 6.07) is 73.4. The average molecular weight is 736 g/mol. The Morgan fingerprint density at radius 2 is 0.836 bits per heavy atom. The topological polar surface area (TPSA) is 3.24 Å². The van der Waals surface area contributed by atoms with E-state index in [4.69, 9.17) is 0 Å². The molecule has 9 aromatic carbocycles. The molecule has 11 rings (SSSR count). The Bertz CT molecular complexity index is 3200. The quantitative estimate of drug-likeness (QED) is 0.164. The normalized spacial score (nSPS) is 11.6. The van der Waals surface area contributed by atoms with Crippen LogP contribution in [0.4, 0.5) is 17.1 Å². The van der Waals surface area contributed by atoms with E-state index in [9.17, 15) is 0 Å². The molecule has 0 aliphatic carbocycles. The molecular weight excluding hydrogens is 703 g/mol. The number of nitrogens with zero attached hydrogens (tertiary/aromatic N) is 1. The molecule has 0 N–H and O–H groups in total. The number of fused-ring (bicyclic) bond motifs is 7. The summed E-state index contributed by atoms with van der Waals surface area (Å²) in [4.78, 5) is 2.42. The lowest BCUT2D eigenvalue weighted by atomic mass is 9.97. The van der Waals surface area contributed by atoms with Gasteiger partial charge in [-0.25, -0.2) is 0 Å². The van der Waals surface area contributed by atoms with Crippen molar-refractivity contribution >= 4 is 90.9 Å². The standard InChI is InChI=1S/C52H33NS2/c1-2-13-40-35(11-1)12-9-17-41(40)36-25-30-39(31-26-36)53(38-28-23-34(24-29-38)37-27-32-45-43-15-4-7-21-49(43)54-51(45)33-37)48-20-6-3-14-42(48)46-18-10-19-47-44-16-5-8-22-50(44)55-52(46)47/h1-33H. The van der Waals surface area contributed by atoms with E-state index in [0.29, 0.717) is 0 Å². The van der Waals surface area contributed by atoms with Gasteiger partial charge in [-0.05, 0) is 81.6 Å². The number of benzene rings is 9. The van der Waals surface area contributed by atoms with Crippen molar-refractivity contribution < 1.29 is 0 Å². The first kappa shape index (κ1) is 32.0. The van der Waals surface area contributed by atoms with Crippen LogP contribution < -0.4 is 4.90 Å².